The van der Waals surface area contributed by atoms with Crippen LogP contribution in [0.5, 0.6) is 0 Å². The van der Waals surface area contributed by atoms with Crippen molar-refractivity contribution >= 4 is 43.0 Å². The van der Waals surface area contributed by atoms with Crippen LogP contribution in [-0.2, 0) is 25.2 Å². The zero-order valence-electron chi connectivity index (χ0n) is 23.6. The average Bonchev–Trinajstić information content (AvgIpc) is 2.99. The maximum absolute atomic E-state index is 9.00. The van der Waals surface area contributed by atoms with Crippen molar-refractivity contribution in [3.05, 3.63) is 157 Å². The molecule has 212 valence electrons. The maximum Gasteiger partial charge on any atom is 0.300 e. The van der Waals surface area contributed by atoms with Crippen LogP contribution in [0.3, 0.4) is 0 Å². The largest absolute Gasteiger partial charge is 0.481 e. The van der Waals surface area contributed by atoms with Gasteiger partial charge in [-0.05, 0) is 62.4 Å². The molecule has 0 aliphatic rings. The van der Waals surface area contributed by atoms with Gasteiger partial charge in [0, 0.05) is 27.3 Å². The van der Waals surface area contributed by atoms with Gasteiger partial charge in [0.1, 0.15) is 0 Å². The summed E-state index contributed by atoms with van der Waals surface area (Å²) in [5, 5.41) is 13.2. The summed E-state index contributed by atoms with van der Waals surface area (Å²) in [6.45, 7) is 5.88. The van der Waals surface area contributed by atoms with Crippen molar-refractivity contribution in [2.45, 2.75) is 32.1 Å². The van der Waals surface area contributed by atoms with Gasteiger partial charge in [0.25, 0.3) is 5.97 Å². The summed E-state index contributed by atoms with van der Waals surface area (Å²) < 4.78 is 0. The Morgan fingerprint density at radius 3 is 1.02 bits per heavy atom. The number of benzene rings is 5. The maximum atomic E-state index is 9.00. The van der Waals surface area contributed by atoms with Crippen molar-refractivity contribution in [3.63, 3.8) is 0 Å². The summed E-state index contributed by atoms with van der Waals surface area (Å²) in [4.78, 5) is 9.00. The molecule has 0 aliphatic carbocycles. The number of hydrogen-bond acceptors (Lipinski definition) is 1. The molecule has 0 saturated carbocycles. The average molecular weight is 670 g/mol. The van der Waals surface area contributed by atoms with E-state index >= 15 is 0 Å². The number of carboxylic acids is 1. The molecule has 0 unspecified atom stereocenters. The van der Waals surface area contributed by atoms with E-state index in [-0.39, 0.29) is 20.4 Å². The van der Waals surface area contributed by atoms with E-state index in [9.17, 15) is 0 Å². The molecule has 0 saturated heterocycles. The first-order valence-corrected chi connectivity index (χ1v) is 16.8. The molecule has 5 aromatic rings. The second-order valence-electron chi connectivity index (χ2n) is 9.82. The topological polar surface area (TPSA) is 37.3 Å². The Kier molecular flexibility index (Phi) is 13.1. The Morgan fingerprint density at radius 1 is 0.537 bits per heavy atom. The molecular weight excluding hydrogens is 633 g/mol. The molecule has 0 aliphatic heterocycles. The van der Waals surface area contributed by atoms with Gasteiger partial charge in [-0.25, -0.2) is 0 Å². The van der Waals surface area contributed by atoms with Crippen LogP contribution in [0, 0.1) is 6.07 Å². The predicted molar refractivity (Wildman–Crippen MR) is 176 cm³/mol. The third kappa shape index (κ3) is 9.04. The van der Waals surface area contributed by atoms with Gasteiger partial charge in [-0.15, -0.1) is 11.1 Å². The van der Waals surface area contributed by atoms with E-state index in [4.69, 9.17) is 9.90 Å². The number of carbonyl (C=O) groups is 1. The Bertz CT molecular complexity index is 1280. The van der Waals surface area contributed by atoms with Crippen molar-refractivity contribution in [1.29, 1.82) is 0 Å². The van der Waals surface area contributed by atoms with Crippen LogP contribution in [-0.4, -0.2) is 11.1 Å². The SMILES string of the molecule is CC(=O)O.C[C@@H](c1[c-]c([C@H](C)[PH+](c2ccccc2)c2ccccc2)ccc1)[PH+](c1ccccc1)c1ccccc1.[Pd]. The van der Waals surface area contributed by atoms with Crippen LogP contribution in [0.4, 0.5) is 0 Å². The van der Waals surface area contributed by atoms with Crippen LogP contribution in [0.25, 0.3) is 0 Å². The molecule has 5 aromatic carbocycles. The minimum Gasteiger partial charge on any atom is -0.481 e. The van der Waals surface area contributed by atoms with Crippen molar-refractivity contribution in [3.8, 4) is 0 Å². The standard InChI is InChI=1S/C34H31P2.C2H4O2.Pd/c1-27(35(31-18-7-3-8-19-31)32-20-9-4-10-21-32)29-16-15-17-30(26-29)28(2)36(33-22-11-5-12-23-33)34-24-13-6-14-25-34;1-2(3)4;/h3-25,27-28H,1-2H3;1H3,(H,3,4);/q-1;;/p+2/t27-,28-;;/m0../s1. The van der Waals surface area contributed by atoms with Crippen LogP contribution in [0.1, 0.15) is 43.2 Å². The molecule has 5 heteroatoms. The molecular formula is C36H37O2P2Pd+. The Hall–Kier alpha value is -2.91. The third-order valence-corrected chi connectivity index (χ3v) is 13.2. The Balaban J connectivity index is 0.000000869. The van der Waals surface area contributed by atoms with Crippen molar-refractivity contribution in [1.82, 2.24) is 0 Å². The quantitative estimate of drug-likeness (QED) is 0.106. The number of carboxylic acid groups (broad SMARTS) is 1. The van der Waals surface area contributed by atoms with Gasteiger partial charge in [-0.2, -0.15) is 24.3 Å². The van der Waals surface area contributed by atoms with E-state index < -0.39 is 21.8 Å². The first-order valence-electron chi connectivity index (χ1n) is 13.6. The molecule has 2 atom stereocenters. The normalized spacial score (nSPS) is 12.0. The van der Waals surface area contributed by atoms with Gasteiger partial charge in [-0.1, -0.05) is 72.8 Å². The Morgan fingerprint density at radius 2 is 0.780 bits per heavy atom. The van der Waals surface area contributed by atoms with Gasteiger partial charge in [0.15, 0.2) is 0 Å². The van der Waals surface area contributed by atoms with E-state index in [0.29, 0.717) is 11.3 Å². The molecule has 0 spiro atoms. The van der Waals surface area contributed by atoms with Crippen molar-refractivity contribution < 1.29 is 30.3 Å². The smallest absolute Gasteiger partial charge is 0.300 e. The van der Waals surface area contributed by atoms with E-state index in [2.05, 4.69) is 159 Å². The molecule has 0 aromatic heterocycles. The van der Waals surface area contributed by atoms with E-state index in [1.165, 1.54) is 32.3 Å². The van der Waals surface area contributed by atoms with Gasteiger partial charge in [0.05, 0.1) is 48.4 Å². The molecule has 0 heterocycles. The Labute approximate surface area is 261 Å². The molecule has 5 rings (SSSR count). The zero-order valence-corrected chi connectivity index (χ0v) is 27.2. The third-order valence-electron chi connectivity index (χ3n) is 6.98. The molecule has 41 heavy (non-hydrogen) atoms. The first-order chi connectivity index (χ1) is 19.5. The van der Waals surface area contributed by atoms with Crippen LogP contribution in [0.15, 0.2) is 140 Å². The summed E-state index contributed by atoms with van der Waals surface area (Å²) >= 11 is 0. The fourth-order valence-electron chi connectivity index (χ4n) is 5.13. The summed E-state index contributed by atoms with van der Waals surface area (Å²) in [6, 6.07) is 55.0. The second-order valence-corrected chi connectivity index (χ2v) is 15.5. The summed E-state index contributed by atoms with van der Waals surface area (Å²) in [5.41, 5.74) is 3.44. The minimum absolute atomic E-state index is 0. The van der Waals surface area contributed by atoms with Crippen LogP contribution >= 0.6 is 15.8 Å². The minimum atomic E-state index is -1.02. The number of hydrogen-bond donors (Lipinski definition) is 1. The van der Waals surface area contributed by atoms with E-state index in [1.807, 2.05) is 0 Å². The molecule has 0 amide bonds. The van der Waals surface area contributed by atoms with Crippen LogP contribution < -0.4 is 21.2 Å². The van der Waals surface area contributed by atoms with Gasteiger partial charge in [0.2, 0.25) is 0 Å². The van der Waals surface area contributed by atoms with Crippen molar-refractivity contribution in [2.24, 2.45) is 0 Å². The first kappa shape index (κ1) is 32.6. The molecule has 1 N–H and O–H groups in total. The molecule has 2 nitrogen and oxygen atoms in total. The second kappa shape index (κ2) is 16.5. The fraction of sp³-hybridized carbons (Fsp3) is 0.139. The van der Waals surface area contributed by atoms with Crippen molar-refractivity contribution in [2.75, 3.05) is 0 Å². The molecule has 0 bridgehead atoms. The van der Waals surface area contributed by atoms with Gasteiger partial charge < -0.3 is 5.11 Å². The molecule has 0 fully saturated rings. The number of aliphatic carboxylic acids is 1. The van der Waals surface area contributed by atoms with E-state index in [0.717, 1.165) is 6.92 Å². The summed E-state index contributed by atoms with van der Waals surface area (Å²) in [7, 11) is -2.04. The monoisotopic (exact) mass is 669 g/mol. The summed E-state index contributed by atoms with van der Waals surface area (Å²) in [5.74, 6) is -0.833. The summed E-state index contributed by atoms with van der Waals surface area (Å²) in [6.07, 6.45) is 0. The molecule has 0 radical (unpaired) electrons. The fourth-order valence-corrected chi connectivity index (χ4v) is 11.0. The predicted octanol–water partition coefficient (Wildman–Crippen LogP) is 7.43. The number of rotatable bonds is 8. The van der Waals surface area contributed by atoms with Gasteiger partial charge in [-0.3, -0.25) is 4.79 Å². The van der Waals surface area contributed by atoms with E-state index in [1.54, 1.807) is 0 Å². The zero-order chi connectivity index (χ0) is 28.3. The van der Waals surface area contributed by atoms with Crippen LogP contribution in [0.2, 0.25) is 0 Å². The van der Waals surface area contributed by atoms with Gasteiger partial charge >= 0.3 is 0 Å².